The van der Waals surface area contributed by atoms with E-state index < -0.39 is 36.1 Å². The van der Waals surface area contributed by atoms with Crippen molar-refractivity contribution in [1.82, 2.24) is 0 Å². The highest BCUT2D eigenvalue weighted by Crippen LogP contribution is 2.22. The van der Waals surface area contributed by atoms with Gasteiger partial charge in [0.2, 0.25) is 0 Å². The predicted octanol–water partition coefficient (Wildman–Crippen LogP) is 1.20. The number of methoxy groups -OCH3 is 2. The fraction of sp³-hybridized carbons (Fsp3) is 0.500. The zero-order chi connectivity index (χ0) is 17.4. The number of hydrogen-bond acceptors (Lipinski definition) is 8. The van der Waals surface area contributed by atoms with Gasteiger partial charge in [0.1, 0.15) is 8.96 Å². The van der Waals surface area contributed by atoms with Crippen molar-refractivity contribution in [3.05, 3.63) is 8.96 Å². The first kappa shape index (κ1) is 20.6. The van der Waals surface area contributed by atoms with Crippen molar-refractivity contribution in [1.29, 1.82) is 0 Å². The summed E-state index contributed by atoms with van der Waals surface area (Å²) in [5, 5.41) is 0. The van der Waals surface area contributed by atoms with Crippen molar-refractivity contribution in [2.45, 2.75) is 26.1 Å². The number of halogens is 2. The van der Waals surface area contributed by atoms with Gasteiger partial charge < -0.3 is 18.9 Å². The summed E-state index contributed by atoms with van der Waals surface area (Å²) in [4.78, 5) is 45.7. The zero-order valence-corrected chi connectivity index (χ0v) is 15.3. The summed E-state index contributed by atoms with van der Waals surface area (Å²) in [6, 6.07) is 0. The molecule has 0 N–H and O–H groups in total. The summed E-state index contributed by atoms with van der Waals surface area (Å²) in [6.45, 7) is 2.60. The summed E-state index contributed by atoms with van der Waals surface area (Å²) >= 11 is 5.68. The molecule has 22 heavy (non-hydrogen) atoms. The maximum absolute atomic E-state index is 11.7. The normalized spacial score (nSPS) is 14.1. The monoisotopic (exact) mass is 444 g/mol. The molecule has 0 spiro atoms. The molecule has 0 unspecified atom stereocenters. The molecule has 0 fully saturated rings. The zero-order valence-electron chi connectivity index (χ0n) is 12.2. The molecule has 0 aromatic heterocycles. The van der Waals surface area contributed by atoms with Gasteiger partial charge in [0, 0.05) is 0 Å². The Morgan fingerprint density at radius 2 is 1.00 bits per heavy atom. The Hall–Kier alpha value is -1.42. The maximum Gasteiger partial charge on any atom is 0.347 e. The fourth-order valence-corrected chi connectivity index (χ4v) is 1.54. The summed E-state index contributed by atoms with van der Waals surface area (Å²) in [5.41, 5.74) is 0. The molecule has 124 valence electrons. The minimum atomic E-state index is -1.16. The van der Waals surface area contributed by atoms with Crippen molar-refractivity contribution in [3.8, 4) is 0 Å². The lowest BCUT2D eigenvalue weighted by atomic mass is 10.4. The van der Waals surface area contributed by atoms with Crippen molar-refractivity contribution in [2.75, 3.05) is 14.2 Å². The molecule has 0 aliphatic rings. The second-order valence-corrected chi connectivity index (χ2v) is 5.36. The number of rotatable bonds is 6. The largest absolute Gasteiger partial charge is 0.466 e. The Kier molecular flexibility index (Phi) is 8.95. The molecule has 0 rings (SSSR count). The van der Waals surface area contributed by atoms with Crippen LogP contribution in [-0.4, -0.2) is 50.3 Å². The maximum atomic E-state index is 11.7. The molecular formula is C12H14Br2O8. The summed E-state index contributed by atoms with van der Waals surface area (Å²) in [5.74, 6) is -3.50. The second-order valence-electron chi connectivity index (χ2n) is 3.77. The van der Waals surface area contributed by atoms with Crippen LogP contribution in [0.25, 0.3) is 0 Å². The van der Waals surface area contributed by atoms with E-state index in [0.29, 0.717) is 0 Å². The van der Waals surface area contributed by atoms with Gasteiger partial charge in [0.15, 0.2) is 12.2 Å². The van der Waals surface area contributed by atoms with Gasteiger partial charge in [-0.25, -0.2) is 19.2 Å². The lowest BCUT2D eigenvalue weighted by Crippen LogP contribution is -2.27. The highest BCUT2D eigenvalue weighted by atomic mass is 79.9. The number of carbonyl (C=O) groups excluding carboxylic acids is 4. The molecule has 10 heteroatoms. The van der Waals surface area contributed by atoms with E-state index in [2.05, 4.69) is 41.3 Å². The van der Waals surface area contributed by atoms with E-state index in [-0.39, 0.29) is 8.96 Å². The molecule has 0 aliphatic heterocycles. The Morgan fingerprint density at radius 3 is 1.23 bits per heavy atom. The van der Waals surface area contributed by atoms with Crippen molar-refractivity contribution in [2.24, 2.45) is 0 Å². The van der Waals surface area contributed by atoms with Crippen LogP contribution in [0, 0.1) is 0 Å². The van der Waals surface area contributed by atoms with E-state index in [1.165, 1.54) is 13.8 Å². The molecule has 0 aromatic carbocycles. The smallest absolute Gasteiger partial charge is 0.347 e. The van der Waals surface area contributed by atoms with Crippen LogP contribution in [0.2, 0.25) is 0 Å². The Balaban J connectivity index is 4.89. The molecule has 0 saturated carbocycles. The predicted molar refractivity (Wildman–Crippen MR) is 80.0 cm³/mol. The van der Waals surface area contributed by atoms with Crippen LogP contribution in [0.3, 0.4) is 0 Å². The van der Waals surface area contributed by atoms with E-state index in [4.69, 9.17) is 9.47 Å². The Bertz CT molecular complexity index is 455. The van der Waals surface area contributed by atoms with E-state index in [9.17, 15) is 19.2 Å². The van der Waals surface area contributed by atoms with Gasteiger partial charge in [0.05, 0.1) is 14.2 Å². The topological polar surface area (TPSA) is 105 Å². The van der Waals surface area contributed by atoms with E-state index in [1.807, 2.05) is 0 Å². The van der Waals surface area contributed by atoms with E-state index in [1.54, 1.807) is 0 Å². The van der Waals surface area contributed by atoms with Crippen LogP contribution in [0.4, 0.5) is 0 Å². The fourth-order valence-electron chi connectivity index (χ4n) is 1.03. The first-order chi connectivity index (χ1) is 10.1. The standard InChI is InChI=1S/C12H14Br2O8/c1-5(9(15)19-3)21-11(17)7(13)8(14)12(18)22-6(2)10(16)20-4/h5-6H,1-4H3/b8-7+/t5-,6-/m0/s1. The van der Waals surface area contributed by atoms with Gasteiger partial charge in [-0.05, 0) is 45.7 Å². The lowest BCUT2D eigenvalue weighted by Gasteiger charge is -2.13. The minimum Gasteiger partial charge on any atom is -0.466 e. The van der Waals surface area contributed by atoms with Gasteiger partial charge in [-0.3, -0.25) is 0 Å². The molecule has 0 bridgehead atoms. The Labute approximate surface area is 143 Å². The summed E-state index contributed by atoms with van der Waals surface area (Å²) < 4.78 is 17.7. The average molecular weight is 446 g/mol. The molecule has 0 aromatic rings. The molecule has 0 radical (unpaired) electrons. The van der Waals surface area contributed by atoms with Crippen molar-refractivity contribution < 1.29 is 38.1 Å². The third kappa shape index (κ3) is 6.14. The van der Waals surface area contributed by atoms with Crippen LogP contribution in [0.15, 0.2) is 8.96 Å². The van der Waals surface area contributed by atoms with E-state index >= 15 is 0 Å². The van der Waals surface area contributed by atoms with Crippen LogP contribution in [0.5, 0.6) is 0 Å². The quantitative estimate of drug-likeness (QED) is 0.341. The SMILES string of the molecule is COC(=O)[C@H](C)OC(=O)/C(Br)=C(\Br)C(=O)O[C@@H](C)C(=O)OC. The second kappa shape index (κ2) is 9.57. The van der Waals surface area contributed by atoms with Gasteiger partial charge in [-0.2, -0.15) is 0 Å². The Morgan fingerprint density at radius 1 is 0.727 bits per heavy atom. The minimum absolute atomic E-state index is 0.315. The number of esters is 4. The molecule has 0 heterocycles. The number of carbonyl (C=O) groups is 4. The van der Waals surface area contributed by atoms with Gasteiger partial charge in [0.25, 0.3) is 0 Å². The molecule has 0 saturated heterocycles. The molecule has 0 aliphatic carbocycles. The molecular weight excluding hydrogens is 432 g/mol. The molecule has 2 atom stereocenters. The first-order valence-corrected chi connectivity index (χ1v) is 7.37. The van der Waals surface area contributed by atoms with Gasteiger partial charge in [-0.15, -0.1) is 0 Å². The highest BCUT2D eigenvalue weighted by Gasteiger charge is 2.26. The van der Waals surface area contributed by atoms with Crippen molar-refractivity contribution in [3.63, 3.8) is 0 Å². The van der Waals surface area contributed by atoms with E-state index in [0.717, 1.165) is 14.2 Å². The number of hydrogen-bond donors (Lipinski definition) is 0. The van der Waals surface area contributed by atoms with Crippen LogP contribution < -0.4 is 0 Å². The van der Waals surface area contributed by atoms with Crippen LogP contribution in [0.1, 0.15) is 13.8 Å². The van der Waals surface area contributed by atoms with Gasteiger partial charge in [-0.1, -0.05) is 0 Å². The third-order valence-corrected chi connectivity index (χ3v) is 4.16. The third-order valence-electron chi connectivity index (χ3n) is 2.18. The lowest BCUT2D eigenvalue weighted by molar-refractivity contribution is -0.162. The molecule has 0 amide bonds. The highest BCUT2D eigenvalue weighted by molar-refractivity contribution is 9.14. The van der Waals surface area contributed by atoms with Crippen LogP contribution >= 0.6 is 31.9 Å². The van der Waals surface area contributed by atoms with Crippen LogP contribution in [-0.2, 0) is 38.1 Å². The number of ether oxygens (including phenoxy) is 4. The first-order valence-electron chi connectivity index (χ1n) is 5.78. The summed E-state index contributed by atoms with van der Waals surface area (Å²) in [7, 11) is 2.28. The van der Waals surface area contributed by atoms with Gasteiger partial charge >= 0.3 is 23.9 Å². The summed E-state index contributed by atoms with van der Waals surface area (Å²) in [6.07, 6.45) is -2.31. The molecule has 8 nitrogen and oxygen atoms in total. The average Bonchev–Trinajstić information content (AvgIpc) is 2.50. The van der Waals surface area contributed by atoms with Crippen molar-refractivity contribution >= 4 is 55.7 Å².